The van der Waals surface area contributed by atoms with E-state index in [4.69, 9.17) is 0 Å². The van der Waals surface area contributed by atoms with Crippen LogP contribution in [0, 0.1) is 5.92 Å². The lowest BCUT2D eigenvalue weighted by Crippen LogP contribution is -2.48. The van der Waals surface area contributed by atoms with Gasteiger partial charge >= 0.3 is 0 Å². The van der Waals surface area contributed by atoms with Crippen LogP contribution >= 0.6 is 0 Å². The Balaban J connectivity index is 2.69. The van der Waals surface area contributed by atoms with E-state index in [1.165, 1.54) is 18.4 Å². The van der Waals surface area contributed by atoms with Gasteiger partial charge in [-0.3, -0.25) is 4.79 Å². The molecule has 17 heavy (non-hydrogen) atoms. The smallest absolute Gasteiger partial charge is 0.282 e. The molecule has 1 N–H and O–H groups in total. The van der Waals surface area contributed by atoms with Gasteiger partial charge in [0.05, 0.1) is 6.54 Å². The first kappa shape index (κ1) is 14.4. The minimum absolute atomic E-state index is 0.135. The molecular weight excluding hydrogens is 242 g/mol. The van der Waals surface area contributed by atoms with Gasteiger partial charge in [0.25, 0.3) is 10.2 Å². The standard InChI is InChI=1S/C10H21N3O3S/c1-9-5-4-6-13(7-9)17(15,16)12(3)8-10(14)11-2/h9H,4-8H2,1-3H3,(H,11,14)/t9-/m0/s1. The molecule has 1 aliphatic heterocycles. The van der Waals surface area contributed by atoms with Crippen molar-refractivity contribution in [2.75, 3.05) is 33.7 Å². The van der Waals surface area contributed by atoms with E-state index in [1.807, 2.05) is 6.92 Å². The van der Waals surface area contributed by atoms with E-state index in [-0.39, 0.29) is 12.5 Å². The van der Waals surface area contributed by atoms with Crippen molar-refractivity contribution in [1.82, 2.24) is 13.9 Å². The summed E-state index contributed by atoms with van der Waals surface area (Å²) in [6.07, 6.45) is 1.94. The van der Waals surface area contributed by atoms with Crippen molar-refractivity contribution >= 4 is 16.1 Å². The first-order chi connectivity index (χ1) is 7.87. The van der Waals surface area contributed by atoms with Gasteiger partial charge in [0.1, 0.15) is 0 Å². The van der Waals surface area contributed by atoms with Crippen LogP contribution in [-0.4, -0.2) is 56.7 Å². The third-order valence-corrected chi connectivity index (χ3v) is 4.89. The zero-order chi connectivity index (χ0) is 13.1. The Morgan fingerprint density at radius 1 is 1.53 bits per heavy atom. The Hall–Kier alpha value is -0.660. The second-order valence-electron chi connectivity index (χ2n) is 4.54. The zero-order valence-electron chi connectivity index (χ0n) is 10.6. The fraction of sp³-hybridized carbons (Fsp3) is 0.900. The molecular formula is C10H21N3O3S. The van der Waals surface area contributed by atoms with Crippen molar-refractivity contribution in [1.29, 1.82) is 0 Å². The van der Waals surface area contributed by atoms with Gasteiger partial charge in [-0.2, -0.15) is 17.0 Å². The summed E-state index contributed by atoms with van der Waals surface area (Å²) in [5.74, 6) is 0.0769. The molecule has 6 nitrogen and oxygen atoms in total. The predicted molar refractivity (Wildman–Crippen MR) is 65.6 cm³/mol. The van der Waals surface area contributed by atoms with Gasteiger partial charge < -0.3 is 5.32 Å². The number of piperidine rings is 1. The summed E-state index contributed by atoms with van der Waals surface area (Å²) >= 11 is 0. The van der Waals surface area contributed by atoms with E-state index in [1.54, 1.807) is 0 Å². The molecule has 100 valence electrons. The number of amides is 1. The molecule has 1 rings (SSSR count). The molecule has 1 atom stereocenters. The van der Waals surface area contributed by atoms with E-state index in [0.29, 0.717) is 19.0 Å². The number of likely N-dealkylation sites (N-methyl/N-ethyl adjacent to an activating group) is 2. The fourth-order valence-electron chi connectivity index (χ4n) is 1.92. The van der Waals surface area contributed by atoms with Crippen LogP contribution in [0.15, 0.2) is 0 Å². The highest BCUT2D eigenvalue weighted by atomic mass is 32.2. The van der Waals surface area contributed by atoms with E-state index < -0.39 is 10.2 Å². The number of rotatable bonds is 4. The highest BCUT2D eigenvalue weighted by molar-refractivity contribution is 7.86. The quantitative estimate of drug-likeness (QED) is 0.753. The van der Waals surface area contributed by atoms with Gasteiger partial charge in [0.15, 0.2) is 0 Å². The van der Waals surface area contributed by atoms with Crippen LogP contribution in [-0.2, 0) is 15.0 Å². The average Bonchev–Trinajstić information content (AvgIpc) is 2.28. The Morgan fingerprint density at radius 2 is 2.18 bits per heavy atom. The molecule has 0 aromatic rings. The molecule has 1 saturated heterocycles. The number of hydrogen-bond donors (Lipinski definition) is 1. The molecule has 1 aliphatic rings. The lowest BCUT2D eigenvalue weighted by Gasteiger charge is -2.32. The van der Waals surface area contributed by atoms with Gasteiger partial charge in [-0.05, 0) is 18.8 Å². The number of hydrogen-bond acceptors (Lipinski definition) is 3. The molecule has 0 bridgehead atoms. The second-order valence-corrected chi connectivity index (χ2v) is 6.58. The van der Waals surface area contributed by atoms with Gasteiger partial charge in [-0.15, -0.1) is 0 Å². The minimum atomic E-state index is -3.49. The average molecular weight is 263 g/mol. The van der Waals surface area contributed by atoms with E-state index in [0.717, 1.165) is 17.1 Å². The summed E-state index contributed by atoms with van der Waals surface area (Å²) in [5, 5.41) is 2.42. The van der Waals surface area contributed by atoms with E-state index >= 15 is 0 Å². The first-order valence-electron chi connectivity index (χ1n) is 5.80. The number of carbonyl (C=O) groups excluding carboxylic acids is 1. The topological polar surface area (TPSA) is 69.7 Å². The molecule has 0 spiro atoms. The third-order valence-electron chi connectivity index (χ3n) is 2.99. The lowest BCUT2D eigenvalue weighted by atomic mass is 10.0. The van der Waals surface area contributed by atoms with Crippen LogP contribution < -0.4 is 5.32 Å². The van der Waals surface area contributed by atoms with Crippen molar-refractivity contribution < 1.29 is 13.2 Å². The molecule has 1 fully saturated rings. The number of nitrogens with zero attached hydrogens (tertiary/aromatic N) is 2. The molecule has 1 amide bonds. The lowest BCUT2D eigenvalue weighted by molar-refractivity contribution is -0.120. The van der Waals surface area contributed by atoms with Gasteiger partial charge in [0.2, 0.25) is 5.91 Å². The van der Waals surface area contributed by atoms with Crippen molar-refractivity contribution in [3.05, 3.63) is 0 Å². The maximum atomic E-state index is 12.2. The Labute approximate surface area is 103 Å². The van der Waals surface area contributed by atoms with Crippen LogP contribution in [0.25, 0.3) is 0 Å². The molecule has 0 saturated carbocycles. The van der Waals surface area contributed by atoms with Crippen molar-refractivity contribution in [2.24, 2.45) is 5.92 Å². The summed E-state index contributed by atoms with van der Waals surface area (Å²) in [4.78, 5) is 11.2. The minimum Gasteiger partial charge on any atom is -0.358 e. The molecule has 0 aliphatic carbocycles. The summed E-state index contributed by atoms with van der Waals surface area (Å²) in [6.45, 7) is 3.00. The van der Waals surface area contributed by atoms with Crippen LogP contribution in [0.3, 0.4) is 0 Å². The fourth-order valence-corrected chi connectivity index (χ4v) is 3.39. The maximum absolute atomic E-state index is 12.2. The zero-order valence-corrected chi connectivity index (χ0v) is 11.5. The third kappa shape index (κ3) is 3.65. The van der Waals surface area contributed by atoms with Gasteiger partial charge in [-0.25, -0.2) is 0 Å². The van der Waals surface area contributed by atoms with Crippen LogP contribution in [0.5, 0.6) is 0 Å². The van der Waals surface area contributed by atoms with Crippen LogP contribution in [0.2, 0.25) is 0 Å². The second kappa shape index (κ2) is 5.79. The Bertz CT molecular complexity index is 369. The summed E-state index contributed by atoms with van der Waals surface area (Å²) < 4.78 is 26.9. The normalized spacial score (nSPS) is 22.7. The largest absolute Gasteiger partial charge is 0.358 e. The number of nitrogens with one attached hydrogen (secondary N) is 1. The van der Waals surface area contributed by atoms with E-state index in [9.17, 15) is 13.2 Å². The number of carbonyl (C=O) groups is 1. The first-order valence-corrected chi connectivity index (χ1v) is 7.19. The van der Waals surface area contributed by atoms with Gasteiger partial charge in [-0.1, -0.05) is 6.92 Å². The molecule has 1 heterocycles. The highest BCUT2D eigenvalue weighted by Crippen LogP contribution is 2.19. The SMILES string of the molecule is CNC(=O)CN(C)S(=O)(=O)N1CCC[C@H](C)C1. The van der Waals surface area contributed by atoms with Crippen molar-refractivity contribution in [3.63, 3.8) is 0 Å². The maximum Gasteiger partial charge on any atom is 0.282 e. The predicted octanol–water partition coefficient (Wildman–Crippen LogP) is -0.359. The molecule has 7 heteroatoms. The molecule has 0 unspecified atom stereocenters. The van der Waals surface area contributed by atoms with Crippen molar-refractivity contribution in [3.8, 4) is 0 Å². The summed E-state index contributed by atoms with van der Waals surface area (Å²) in [5.41, 5.74) is 0. The van der Waals surface area contributed by atoms with E-state index in [2.05, 4.69) is 5.32 Å². The summed E-state index contributed by atoms with van der Waals surface area (Å²) in [6, 6.07) is 0. The van der Waals surface area contributed by atoms with Crippen molar-refractivity contribution in [2.45, 2.75) is 19.8 Å². The molecule has 0 radical (unpaired) electrons. The Kier molecular flexibility index (Phi) is 4.91. The van der Waals surface area contributed by atoms with Gasteiger partial charge in [0, 0.05) is 27.2 Å². The highest BCUT2D eigenvalue weighted by Gasteiger charge is 2.31. The molecule has 0 aromatic heterocycles. The molecule has 0 aromatic carbocycles. The van der Waals surface area contributed by atoms with Crippen LogP contribution in [0.4, 0.5) is 0 Å². The van der Waals surface area contributed by atoms with Crippen LogP contribution in [0.1, 0.15) is 19.8 Å². The Morgan fingerprint density at radius 3 is 2.71 bits per heavy atom. The monoisotopic (exact) mass is 263 g/mol. The summed E-state index contributed by atoms with van der Waals surface area (Å²) in [7, 11) is -0.568.